The largest absolute Gasteiger partial charge is 0.465 e. The van der Waals surface area contributed by atoms with Crippen molar-refractivity contribution in [2.24, 2.45) is 11.3 Å². The maximum Gasteiger partial charge on any atom is 0.327 e. The summed E-state index contributed by atoms with van der Waals surface area (Å²) in [5.74, 6) is -4.22. The van der Waals surface area contributed by atoms with Crippen LogP contribution in [-0.4, -0.2) is 23.5 Å². The summed E-state index contributed by atoms with van der Waals surface area (Å²) in [6.45, 7) is 5.72. The highest BCUT2D eigenvalue weighted by Gasteiger charge is 2.68. The van der Waals surface area contributed by atoms with E-state index in [0.29, 0.717) is 16.7 Å². The van der Waals surface area contributed by atoms with Crippen molar-refractivity contribution in [3.8, 4) is 6.07 Å². The number of ether oxygens (including phenoxy) is 1. The fraction of sp³-hybridized carbons (Fsp3) is 0.222. The molecule has 50 heavy (non-hydrogen) atoms. The number of aliphatic hydroxyl groups is 1. The standard InChI is InChI=1S/C45H39NO4/c1-4-50-43(48)44(28-46)39(33-23-19-29(2)20-24-33)27-45(49,38-18-10-14-32-12-6-8-16-36(32)38)41(40(44)34-25-21-30(3)22-26-34)42(47)37-17-9-13-31-11-5-7-15-35(31)37/h5-26,39-41,49H,4,27H2,1-3H3/t39-,40-,41-,44-,45-/m0/s1. The highest BCUT2D eigenvalue weighted by atomic mass is 16.5. The van der Waals surface area contributed by atoms with Crippen LogP contribution in [0, 0.1) is 36.5 Å². The highest BCUT2D eigenvalue weighted by Crippen LogP contribution is 2.64. The molecular formula is C45H39NO4. The van der Waals surface area contributed by atoms with Crippen LogP contribution >= 0.6 is 0 Å². The first-order chi connectivity index (χ1) is 24.2. The molecule has 0 bridgehead atoms. The molecule has 0 unspecified atom stereocenters. The van der Waals surface area contributed by atoms with Gasteiger partial charge in [0.15, 0.2) is 11.2 Å². The molecule has 1 N–H and O–H groups in total. The number of benzene rings is 6. The summed E-state index contributed by atoms with van der Waals surface area (Å²) < 4.78 is 5.82. The maximum absolute atomic E-state index is 15.6. The zero-order valence-corrected chi connectivity index (χ0v) is 28.5. The lowest BCUT2D eigenvalue weighted by molar-refractivity contribution is -0.164. The van der Waals surface area contributed by atoms with Crippen LogP contribution in [0.1, 0.15) is 63.4 Å². The lowest BCUT2D eigenvalue weighted by Crippen LogP contribution is -2.59. The van der Waals surface area contributed by atoms with Crippen LogP contribution in [0.3, 0.4) is 0 Å². The summed E-state index contributed by atoms with van der Waals surface area (Å²) in [5.41, 5.74) is 0.643. The molecule has 1 aliphatic rings. The third-order valence-electron chi connectivity index (χ3n) is 10.7. The predicted octanol–water partition coefficient (Wildman–Crippen LogP) is 9.34. The second-order valence-electron chi connectivity index (χ2n) is 13.6. The molecule has 0 amide bonds. The van der Waals surface area contributed by atoms with Gasteiger partial charge in [-0.3, -0.25) is 9.59 Å². The van der Waals surface area contributed by atoms with Crippen molar-refractivity contribution < 1.29 is 19.4 Å². The number of carbonyl (C=O) groups is 2. The van der Waals surface area contributed by atoms with Gasteiger partial charge >= 0.3 is 5.97 Å². The SMILES string of the molecule is CCOC(=O)[C@@]1(C#N)[C@H](c2ccc(C)cc2)C[C@](O)(c2cccc3ccccc23)[C@H](C(=O)c2cccc3ccccc23)[C@@H]1c1ccc(C)cc1. The van der Waals surface area contributed by atoms with E-state index in [4.69, 9.17) is 4.74 Å². The number of ketones is 1. The minimum absolute atomic E-state index is 0.0546. The molecule has 1 fully saturated rings. The molecule has 0 aromatic heterocycles. The van der Waals surface area contributed by atoms with E-state index in [1.165, 1.54) is 0 Å². The summed E-state index contributed by atoms with van der Waals surface area (Å²) >= 11 is 0. The zero-order chi connectivity index (χ0) is 35.0. The van der Waals surface area contributed by atoms with Gasteiger partial charge in [-0.1, -0.05) is 145 Å². The Hall–Kier alpha value is -5.57. The van der Waals surface area contributed by atoms with E-state index in [9.17, 15) is 15.2 Å². The van der Waals surface area contributed by atoms with Crippen molar-refractivity contribution in [1.29, 1.82) is 5.26 Å². The Labute approximate surface area is 292 Å². The summed E-state index contributed by atoms with van der Waals surface area (Å²) in [6.07, 6.45) is -0.0695. The Morgan fingerprint density at radius 2 is 1.28 bits per heavy atom. The normalized spacial score (nSPS) is 23.3. The van der Waals surface area contributed by atoms with Gasteiger partial charge in [0.1, 0.15) is 5.60 Å². The summed E-state index contributed by atoms with van der Waals surface area (Å²) in [6, 6.07) is 44.7. The van der Waals surface area contributed by atoms with Crippen LogP contribution in [0.4, 0.5) is 0 Å². The summed E-state index contributed by atoms with van der Waals surface area (Å²) in [5, 5.41) is 28.6. The quantitative estimate of drug-likeness (QED) is 0.137. The van der Waals surface area contributed by atoms with Gasteiger partial charge in [0.25, 0.3) is 0 Å². The number of nitrogens with zero attached hydrogens (tertiary/aromatic N) is 1. The molecule has 5 nitrogen and oxygen atoms in total. The third-order valence-corrected chi connectivity index (χ3v) is 10.7. The number of Topliss-reactive ketones (excluding diaryl/α,β-unsaturated/α-hetero) is 1. The molecule has 0 saturated heterocycles. The molecule has 5 atom stereocenters. The molecule has 1 aliphatic carbocycles. The smallest absolute Gasteiger partial charge is 0.327 e. The molecule has 1 saturated carbocycles. The third kappa shape index (κ3) is 5.28. The van der Waals surface area contributed by atoms with Crippen molar-refractivity contribution >= 4 is 33.3 Å². The van der Waals surface area contributed by atoms with Gasteiger partial charge < -0.3 is 9.84 Å². The number of hydrogen-bond donors (Lipinski definition) is 1. The number of fused-ring (bicyclic) bond motifs is 2. The van der Waals surface area contributed by atoms with Crippen LogP contribution in [0.15, 0.2) is 133 Å². The van der Waals surface area contributed by atoms with Gasteiger partial charge in [0.05, 0.1) is 18.6 Å². The molecule has 5 heteroatoms. The lowest BCUT2D eigenvalue weighted by Gasteiger charge is -2.54. The molecule has 0 spiro atoms. The first-order valence-corrected chi connectivity index (χ1v) is 17.2. The number of nitriles is 1. The number of esters is 1. The van der Waals surface area contributed by atoms with E-state index in [2.05, 4.69) is 6.07 Å². The fourth-order valence-corrected chi connectivity index (χ4v) is 8.33. The van der Waals surface area contributed by atoms with Crippen molar-refractivity contribution in [2.75, 3.05) is 6.61 Å². The number of hydrogen-bond acceptors (Lipinski definition) is 5. The van der Waals surface area contributed by atoms with E-state index in [-0.39, 0.29) is 18.8 Å². The molecule has 6 aromatic rings. The van der Waals surface area contributed by atoms with Crippen molar-refractivity contribution in [1.82, 2.24) is 0 Å². The number of carbonyl (C=O) groups excluding carboxylic acids is 2. The maximum atomic E-state index is 15.6. The average Bonchev–Trinajstić information content (AvgIpc) is 3.14. The topological polar surface area (TPSA) is 87.4 Å². The molecule has 0 aliphatic heterocycles. The van der Waals surface area contributed by atoms with Crippen LogP contribution in [-0.2, 0) is 15.1 Å². The Kier molecular flexibility index (Phi) is 8.59. The summed E-state index contributed by atoms with van der Waals surface area (Å²) in [7, 11) is 0. The van der Waals surface area contributed by atoms with Crippen molar-refractivity contribution in [2.45, 2.75) is 44.6 Å². The van der Waals surface area contributed by atoms with E-state index < -0.39 is 34.7 Å². The Morgan fingerprint density at radius 1 is 0.740 bits per heavy atom. The molecule has 0 radical (unpaired) electrons. The van der Waals surface area contributed by atoms with Gasteiger partial charge in [0.2, 0.25) is 0 Å². The number of aryl methyl sites for hydroxylation is 2. The van der Waals surface area contributed by atoms with Gasteiger partial charge in [-0.15, -0.1) is 0 Å². The molecular weight excluding hydrogens is 618 g/mol. The van der Waals surface area contributed by atoms with Crippen LogP contribution < -0.4 is 0 Å². The minimum Gasteiger partial charge on any atom is -0.465 e. The Balaban J connectivity index is 1.62. The second-order valence-corrected chi connectivity index (χ2v) is 13.6. The average molecular weight is 658 g/mol. The predicted molar refractivity (Wildman–Crippen MR) is 197 cm³/mol. The van der Waals surface area contributed by atoms with Gasteiger partial charge in [0, 0.05) is 17.4 Å². The lowest BCUT2D eigenvalue weighted by atomic mass is 9.47. The molecule has 6 aromatic carbocycles. The first-order valence-electron chi connectivity index (χ1n) is 17.2. The fourth-order valence-electron chi connectivity index (χ4n) is 8.33. The molecule has 7 rings (SSSR count). The van der Waals surface area contributed by atoms with Crippen LogP contribution in [0.2, 0.25) is 0 Å². The zero-order valence-electron chi connectivity index (χ0n) is 28.5. The first kappa shape index (κ1) is 33.0. The van der Waals surface area contributed by atoms with Crippen molar-refractivity contribution in [3.05, 3.63) is 167 Å². The van der Waals surface area contributed by atoms with Crippen molar-refractivity contribution in [3.63, 3.8) is 0 Å². The second kappa shape index (κ2) is 13.0. The van der Waals surface area contributed by atoms with E-state index in [1.54, 1.807) is 13.0 Å². The summed E-state index contributed by atoms with van der Waals surface area (Å²) in [4.78, 5) is 30.3. The molecule has 248 valence electrons. The minimum atomic E-state index is -1.87. The monoisotopic (exact) mass is 657 g/mol. The highest BCUT2D eigenvalue weighted by molar-refractivity contribution is 6.10. The molecule has 0 heterocycles. The Morgan fingerprint density at radius 3 is 1.90 bits per heavy atom. The van der Waals surface area contributed by atoms with Crippen LogP contribution in [0.5, 0.6) is 0 Å². The number of rotatable bonds is 7. The van der Waals surface area contributed by atoms with Gasteiger partial charge in [-0.25, -0.2) is 0 Å². The van der Waals surface area contributed by atoms with E-state index >= 15 is 4.79 Å². The van der Waals surface area contributed by atoms with Gasteiger partial charge in [-0.2, -0.15) is 5.26 Å². The van der Waals surface area contributed by atoms with Gasteiger partial charge in [-0.05, 0) is 65.4 Å². The van der Waals surface area contributed by atoms with E-state index in [1.807, 2.05) is 141 Å². The Bertz CT molecular complexity index is 2260. The van der Waals surface area contributed by atoms with Crippen LogP contribution in [0.25, 0.3) is 21.5 Å². The van der Waals surface area contributed by atoms with E-state index in [0.717, 1.165) is 38.2 Å².